The molecule has 0 aromatic heterocycles. The quantitative estimate of drug-likeness (QED) is 0.807. The molecule has 1 aromatic carbocycles. The van der Waals surface area contributed by atoms with Gasteiger partial charge in [0.05, 0.1) is 0 Å². The summed E-state index contributed by atoms with van der Waals surface area (Å²) in [6.45, 7) is 11.3. The molecule has 0 saturated carbocycles. The van der Waals surface area contributed by atoms with Crippen LogP contribution in [0.4, 0.5) is 4.39 Å². The number of carbonyl (C=O) groups excluding carboxylic acids is 1. The summed E-state index contributed by atoms with van der Waals surface area (Å²) in [6, 6.07) is 5.22. The molecular weight excluding hydrogens is 253 g/mol. The maximum Gasteiger partial charge on any atom is 0.159 e. The summed E-state index contributed by atoms with van der Waals surface area (Å²) in [4.78, 5) is 10.8. The van der Waals surface area contributed by atoms with E-state index in [2.05, 4.69) is 5.32 Å². The van der Waals surface area contributed by atoms with Crippen LogP contribution in [0.25, 0.3) is 0 Å². The Balaban J connectivity index is -0.000000264. The van der Waals surface area contributed by atoms with Crippen molar-refractivity contribution in [3.05, 3.63) is 46.9 Å². The SMILES string of the molecule is CC.CCC(=O)/C(C)=C/NC.Cc1ccc(C)c(F)c1.[HH]. The van der Waals surface area contributed by atoms with Crippen LogP contribution >= 0.6 is 0 Å². The lowest BCUT2D eigenvalue weighted by Gasteiger charge is -1.94. The van der Waals surface area contributed by atoms with Gasteiger partial charge in [0.15, 0.2) is 5.78 Å². The summed E-state index contributed by atoms with van der Waals surface area (Å²) >= 11 is 0. The second-order valence-electron chi connectivity index (χ2n) is 4.15. The van der Waals surface area contributed by atoms with Crippen LogP contribution in [0.15, 0.2) is 30.0 Å². The van der Waals surface area contributed by atoms with Gasteiger partial charge in [-0.1, -0.05) is 32.9 Å². The predicted molar refractivity (Wildman–Crippen MR) is 87.5 cm³/mol. The molecule has 0 aliphatic rings. The first-order valence-corrected chi connectivity index (χ1v) is 7.02. The van der Waals surface area contributed by atoms with Gasteiger partial charge in [-0.25, -0.2) is 4.39 Å². The molecule has 0 heterocycles. The molecule has 0 spiro atoms. The van der Waals surface area contributed by atoms with Crippen LogP contribution in [-0.4, -0.2) is 12.8 Å². The van der Waals surface area contributed by atoms with Crippen LogP contribution in [0.3, 0.4) is 0 Å². The maximum atomic E-state index is 12.6. The molecule has 20 heavy (non-hydrogen) atoms. The zero-order valence-electron chi connectivity index (χ0n) is 13.8. The van der Waals surface area contributed by atoms with Crippen molar-refractivity contribution in [3.63, 3.8) is 0 Å². The van der Waals surface area contributed by atoms with Crippen LogP contribution in [0, 0.1) is 19.7 Å². The van der Waals surface area contributed by atoms with Crippen molar-refractivity contribution in [2.45, 2.75) is 48.0 Å². The third-order valence-corrected chi connectivity index (χ3v) is 2.45. The van der Waals surface area contributed by atoms with E-state index in [-0.39, 0.29) is 13.0 Å². The molecule has 0 bridgehead atoms. The maximum absolute atomic E-state index is 12.6. The lowest BCUT2D eigenvalue weighted by Crippen LogP contribution is -2.02. The Kier molecular flexibility index (Phi) is 12.8. The summed E-state index contributed by atoms with van der Waals surface area (Å²) < 4.78 is 12.6. The van der Waals surface area contributed by atoms with Gasteiger partial charge >= 0.3 is 0 Å². The number of nitrogens with one attached hydrogen (secondary N) is 1. The molecule has 0 saturated heterocycles. The Morgan fingerprint density at radius 2 is 1.90 bits per heavy atom. The summed E-state index contributed by atoms with van der Waals surface area (Å²) in [5, 5.41) is 2.80. The average Bonchev–Trinajstić information content (AvgIpc) is 2.45. The molecule has 1 aromatic rings. The number of hydrogen-bond acceptors (Lipinski definition) is 2. The van der Waals surface area contributed by atoms with Crippen molar-refractivity contribution in [2.75, 3.05) is 7.05 Å². The van der Waals surface area contributed by atoms with Gasteiger partial charge in [0, 0.05) is 26.7 Å². The Morgan fingerprint density at radius 3 is 2.25 bits per heavy atom. The Bertz CT molecular complexity index is 431. The predicted octanol–water partition coefficient (Wildman–Crippen LogP) is 4.80. The highest BCUT2D eigenvalue weighted by atomic mass is 19.1. The zero-order chi connectivity index (χ0) is 16.1. The number of ketones is 1. The van der Waals surface area contributed by atoms with E-state index in [9.17, 15) is 9.18 Å². The number of carbonyl (C=O) groups is 1. The van der Waals surface area contributed by atoms with E-state index in [1.54, 1.807) is 26.2 Å². The van der Waals surface area contributed by atoms with Gasteiger partial charge in [-0.15, -0.1) is 0 Å². The van der Waals surface area contributed by atoms with E-state index < -0.39 is 0 Å². The first kappa shape index (κ1) is 20.7. The van der Waals surface area contributed by atoms with Gasteiger partial charge in [0.25, 0.3) is 0 Å². The van der Waals surface area contributed by atoms with E-state index in [0.29, 0.717) is 12.0 Å². The second-order valence-corrected chi connectivity index (χ2v) is 4.15. The molecule has 0 aliphatic heterocycles. The number of allylic oxidation sites excluding steroid dienone is 1. The number of halogens is 1. The molecule has 3 heteroatoms. The highest BCUT2D eigenvalue weighted by molar-refractivity contribution is 5.94. The van der Waals surface area contributed by atoms with Gasteiger partial charge in [-0.3, -0.25) is 4.79 Å². The van der Waals surface area contributed by atoms with Gasteiger partial charge in [0.1, 0.15) is 5.82 Å². The van der Waals surface area contributed by atoms with Crippen LogP contribution in [0.2, 0.25) is 0 Å². The number of benzene rings is 1. The lowest BCUT2D eigenvalue weighted by atomic mass is 10.2. The molecule has 0 amide bonds. The van der Waals surface area contributed by atoms with Gasteiger partial charge < -0.3 is 5.32 Å². The number of aryl methyl sites for hydroxylation is 2. The smallest absolute Gasteiger partial charge is 0.159 e. The third-order valence-electron chi connectivity index (χ3n) is 2.45. The largest absolute Gasteiger partial charge is 0.394 e. The van der Waals surface area contributed by atoms with Crippen LogP contribution in [0.1, 0.15) is 46.7 Å². The summed E-state index contributed by atoms with van der Waals surface area (Å²) in [5.41, 5.74) is 2.47. The molecule has 0 fully saturated rings. The first-order chi connectivity index (χ1) is 9.42. The molecule has 2 nitrogen and oxygen atoms in total. The fourth-order valence-electron chi connectivity index (χ4n) is 1.27. The fraction of sp³-hybridized carbons (Fsp3) is 0.471. The average molecular weight is 283 g/mol. The monoisotopic (exact) mass is 283 g/mol. The minimum Gasteiger partial charge on any atom is -0.394 e. The molecule has 0 unspecified atom stereocenters. The fourth-order valence-corrected chi connectivity index (χ4v) is 1.27. The summed E-state index contributed by atoms with van der Waals surface area (Å²) in [7, 11) is 1.78. The highest BCUT2D eigenvalue weighted by Crippen LogP contribution is 2.06. The van der Waals surface area contributed by atoms with Crippen molar-refractivity contribution in [2.24, 2.45) is 0 Å². The summed E-state index contributed by atoms with van der Waals surface area (Å²) in [6.07, 6.45) is 2.30. The third kappa shape index (κ3) is 9.31. The number of Topliss-reactive ketones (excluding diaryl/α,β-unsaturated/α-hetero) is 1. The van der Waals surface area contributed by atoms with Crippen LogP contribution in [0.5, 0.6) is 0 Å². The minimum absolute atomic E-state index is 0. The lowest BCUT2D eigenvalue weighted by molar-refractivity contribution is -0.115. The van der Waals surface area contributed by atoms with Gasteiger partial charge in [-0.05, 0) is 38.0 Å². The molecule has 1 rings (SSSR count). The van der Waals surface area contributed by atoms with E-state index in [0.717, 1.165) is 11.1 Å². The topological polar surface area (TPSA) is 29.1 Å². The van der Waals surface area contributed by atoms with Crippen molar-refractivity contribution in [1.29, 1.82) is 0 Å². The van der Waals surface area contributed by atoms with Crippen molar-refractivity contribution in [1.82, 2.24) is 5.32 Å². The first-order valence-electron chi connectivity index (χ1n) is 7.02. The van der Waals surface area contributed by atoms with E-state index in [1.807, 2.05) is 40.7 Å². The number of hydrogen-bond donors (Lipinski definition) is 1. The Labute approximate surface area is 124 Å². The van der Waals surface area contributed by atoms with Crippen molar-refractivity contribution >= 4 is 5.78 Å². The standard InChI is InChI=1S/C8H9F.C7H13NO.C2H6.H2/c1-6-3-4-7(2)8(9)5-6;1-4-7(9)6(2)5-8-3;1-2;/h3-5H,1-2H3;5,8H,4H2,1-3H3;1-2H3;1H/b;6-5+;;. The zero-order valence-corrected chi connectivity index (χ0v) is 13.8. The van der Waals surface area contributed by atoms with E-state index in [4.69, 9.17) is 0 Å². The van der Waals surface area contributed by atoms with Crippen LogP contribution < -0.4 is 5.32 Å². The van der Waals surface area contributed by atoms with Crippen LogP contribution in [-0.2, 0) is 4.79 Å². The molecule has 1 N–H and O–H groups in total. The van der Waals surface area contributed by atoms with Crippen molar-refractivity contribution < 1.29 is 10.6 Å². The minimum atomic E-state index is -0.116. The second kappa shape index (κ2) is 12.4. The molecule has 0 atom stereocenters. The molecular formula is C17H30FNO. The Morgan fingerprint density at radius 1 is 1.35 bits per heavy atom. The highest BCUT2D eigenvalue weighted by Gasteiger charge is 1.97. The molecule has 116 valence electrons. The Hall–Kier alpha value is -1.64. The van der Waals surface area contributed by atoms with E-state index >= 15 is 0 Å². The van der Waals surface area contributed by atoms with Gasteiger partial charge in [0.2, 0.25) is 0 Å². The normalized spacial score (nSPS) is 9.70. The van der Waals surface area contributed by atoms with E-state index in [1.165, 1.54) is 6.07 Å². The molecule has 0 radical (unpaired) electrons. The molecule has 0 aliphatic carbocycles. The van der Waals surface area contributed by atoms with Crippen molar-refractivity contribution in [3.8, 4) is 0 Å². The number of rotatable bonds is 3. The summed E-state index contributed by atoms with van der Waals surface area (Å²) in [5.74, 6) is 0.0827. The van der Waals surface area contributed by atoms with Gasteiger partial charge in [-0.2, -0.15) is 0 Å².